The van der Waals surface area contributed by atoms with E-state index in [1.165, 1.54) is 120 Å². The van der Waals surface area contributed by atoms with Crippen LogP contribution in [-0.2, 0) is 91.6 Å². The van der Waals surface area contributed by atoms with Crippen LogP contribution in [0.15, 0.2) is 144 Å². The Morgan fingerprint density at radius 1 is 0.337 bits per heavy atom. The number of aromatic nitrogens is 19. The number of pyridine rings is 3. The lowest BCUT2D eigenvalue weighted by Crippen LogP contribution is -2.37. The molecule has 12 rings (SSSR count). The second kappa shape index (κ2) is 24.5. The first-order chi connectivity index (χ1) is 40.5. The van der Waals surface area contributed by atoms with Crippen molar-refractivity contribution in [3.63, 3.8) is 0 Å². The minimum absolute atomic E-state index is 0.0245. The summed E-state index contributed by atoms with van der Waals surface area (Å²) in [5.74, 6) is -2.20. The Labute approximate surface area is 477 Å². The van der Waals surface area contributed by atoms with Gasteiger partial charge in [0.05, 0.1) is 50.6 Å². The minimum atomic E-state index is -1.11. The highest BCUT2D eigenvalue weighted by Crippen LogP contribution is 2.14. The van der Waals surface area contributed by atoms with Gasteiger partial charge >= 0.3 is 34.1 Å². The number of hydrogen-bond acceptors (Lipinski definition) is 18. The largest absolute Gasteiger partial charge is 0.332 e. The van der Waals surface area contributed by atoms with Gasteiger partial charge in [0, 0.05) is 129 Å². The number of rotatable bonds is 0. The average molecular weight is 1190 g/mol. The fraction of sp³-hybridized carbons (Fsp3) is 0.245. The van der Waals surface area contributed by atoms with Crippen LogP contribution in [0.1, 0.15) is 0 Å². The summed E-state index contributed by atoms with van der Waals surface area (Å²) in [6.07, 6.45) is 11.8. The van der Waals surface area contributed by atoms with Crippen molar-refractivity contribution in [1.29, 1.82) is 0 Å². The van der Waals surface area contributed by atoms with Crippen molar-refractivity contribution in [2.75, 3.05) is 0 Å². The van der Waals surface area contributed by atoms with Crippen molar-refractivity contribution in [2.45, 2.75) is 0 Å². The van der Waals surface area contributed by atoms with Crippen LogP contribution in [0.4, 0.5) is 8.78 Å². The van der Waals surface area contributed by atoms with E-state index in [1.54, 1.807) is 72.7 Å². The van der Waals surface area contributed by atoms with Gasteiger partial charge in [-0.1, -0.05) is 0 Å². The van der Waals surface area contributed by atoms with Gasteiger partial charge in [-0.05, 0) is 30.3 Å². The lowest BCUT2D eigenvalue weighted by Gasteiger charge is -2.07. The summed E-state index contributed by atoms with van der Waals surface area (Å²) in [5.41, 5.74) is -1.58. The Hall–Kier alpha value is -11.5. The van der Waals surface area contributed by atoms with E-state index >= 15 is 0 Å². The number of benzene rings is 1. The second-order valence-electron chi connectivity index (χ2n) is 18.9. The van der Waals surface area contributed by atoms with Crippen LogP contribution in [-0.4, -0.2) is 89.5 Å². The van der Waals surface area contributed by atoms with Gasteiger partial charge < -0.3 is 0 Å². The maximum Gasteiger partial charge on any atom is 0.332 e. The molecule has 446 valence electrons. The van der Waals surface area contributed by atoms with E-state index in [0.717, 1.165) is 44.1 Å². The molecule has 0 saturated carbocycles. The summed E-state index contributed by atoms with van der Waals surface area (Å²) >= 11 is 0. The van der Waals surface area contributed by atoms with Crippen molar-refractivity contribution in [1.82, 2.24) is 89.5 Å². The van der Waals surface area contributed by atoms with E-state index < -0.39 is 22.9 Å². The molecule has 0 amide bonds. The lowest BCUT2D eigenvalue weighted by molar-refractivity contribution is 0.509. The zero-order valence-corrected chi connectivity index (χ0v) is 48.2. The molecule has 0 radical (unpaired) electrons. The van der Waals surface area contributed by atoms with Crippen LogP contribution in [0.2, 0.25) is 0 Å². The third kappa shape index (κ3) is 11.2. The van der Waals surface area contributed by atoms with Gasteiger partial charge in [0.15, 0.2) is 22.8 Å². The maximum atomic E-state index is 13.0. The van der Waals surface area contributed by atoms with Crippen LogP contribution < -0.4 is 67.5 Å². The molecule has 0 atom stereocenters. The van der Waals surface area contributed by atoms with Crippen molar-refractivity contribution < 1.29 is 8.78 Å². The Balaban J connectivity index is 0.000000148. The van der Waals surface area contributed by atoms with Crippen molar-refractivity contribution >= 4 is 65.8 Å². The average Bonchev–Trinajstić information content (AvgIpc) is 3.35. The molecule has 1 aromatic carbocycles. The number of nitrogens with zero attached hydrogens (tertiary/aromatic N) is 19. The molecule has 0 saturated heterocycles. The van der Waals surface area contributed by atoms with Gasteiger partial charge in [-0.3, -0.25) is 98.2 Å². The molecular formula is C53H53F2N19O12. The van der Waals surface area contributed by atoms with Gasteiger partial charge in [0.25, 0.3) is 33.4 Å². The van der Waals surface area contributed by atoms with E-state index in [9.17, 15) is 66.3 Å². The molecule has 86 heavy (non-hydrogen) atoms. The highest BCUT2D eigenvalue weighted by atomic mass is 19.2. The van der Waals surface area contributed by atoms with Gasteiger partial charge in [-0.25, -0.2) is 52.5 Å². The van der Waals surface area contributed by atoms with Crippen LogP contribution in [0.25, 0.3) is 65.8 Å². The molecule has 0 aliphatic heterocycles. The quantitative estimate of drug-likeness (QED) is 0.150. The van der Waals surface area contributed by atoms with Gasteiger partial charge in [0.2, 0.25) is 0 Å². The molecule has 0 fully saturated rings. The molecule has 12 aromatic rings. The molecule has 0 N–H and O–H groups in total. The Kier molecular flexibility index (Phi) is 17.7. The topological polar surface area (TPSA) is 346 Å². The van der Waals surface area contributed by atoms with Crippen molar-refractivity contribution in [3.8, 4) is 0 Å². The SMILES string of the molecule is Cn1c(=O)c2cc(F)c(F)cc2n(C)c1=O.Cn1c(=O)c2ccncc2n(C)c1=O.Cn1c(=O)c2cnccc2n(C)c1=O.Cn1c(=O)c2cncnc2n(C)c1=O.Cn1c(=O)c2cnn(C)c2n(C)c1=O.Cn1c(=O)c2ncccc2n(C)c1=O. The number of halogens is 2. The standard InChI is InChI=1S/C10H8F2N2O2.3C9H9N3O2.C8H10N4O2.C8H8N4O2/c1-13-8-4-7(12)6(11)3-5(8)9(15)14(2)10(13)16;1-11-7-3-4-10-5-6(7)8(13)12(2)9(11)14;1-11-7-5-10-4-3-6(7)8(13)12(2)9(11)14;1-11-6-4-3-5-10-7(6)8(13)12(2)9(11)14;1-10-6-5(4-9-12(6)3)7(13)11(2)8(10)14;1-11-6-5(3-9-4-10-6)7(13)12(2)8(11)14/h3-4H,1-2H3;3*3-5H,1-2H3;4H,1-3H3;3-4H,1-2H3. The molecule has 0 unspecified atom stereocenters. The molecule has 0 aliphatic rings. The predicted molar refractivity (Wildman–Crippen MR) is 312 cm³/mol. The second-order valence-corrected chi connectivity index (χ2v) is 18.9. The smallest absolute Gasteiger partial charge is 0.296 e. The summed E-state index contributed by atoms with van der Waals surface area (Å²) in [4.78, 5) is 158. The summed E-state index contributed by atoms with van der Waals surface area (Å²) in [6, 6.07) is 8.29. The van der Waals surface area contributed by atoms with Crippen LogP contribution >= 0.6 is 0 Å². The molecule has 0 spiro atoms. The van der Waals surface area contributed by atoms with E-state index in [1.807, 2.05) is 0 Å². The van der Waals surface area contributed by atoms with E-state index in [0.29, 0.717) is 54.9 Å². The monoisotopic (exact) mass is 1190 g/mol. The Bertz CT molecular complexity index is 5070. The normalized spacial score (nSPS) is 10.8. The first-order valence-electron chi connectivity index (χ1n) is 25.0. The van der Waals surface area contributed by atoms with Gasteiger partial charge in [0.1, 0.15) is 22.7 Å². The molecule has 31 nitrogen and oxygen atoms in total. The fourth-order valence-electron chi connectivity index (χ4n) is 8.74. The van der Waals surface area contributed by atoms with Gasteiger partial charge in [-0.2, -0.15) is 5.10 Å². The predicted octanol–water partition coefficient (Wildman–Crippen LogP) is -2.59. The summed E-state index contributed by atoms with van der Waals surface area (Å²) in [7, 11) is 19.7. The molecule has 11 aromatic heterocycles. The van der Waals surface area contributed by atoms with E-state index in [4.69, 9.17) is 0 Å². The molecule has 0 bridgehead atoms. The van der Waals surface area contributed by atoms with Crippen LogP contribution in [0.3, 0.4) is 0 Å². The molecule has 0 aliphatic carbocycles. The molecule has 11 heterocycles. The molecular weight excluding hydrogens is 1130 g/mol. The summed E-state index contributed by atoms with van der Waals surface area (Å²) in [5, 5.41) is 5.68. The Morgan fingerprint density at radius 2 is 0.779 bits per heavy atom. The first kappa shape index (κ1) is 62.1. The highest BCUT2D eigenvalue weighted by Gasteiger charge is 2.15. The summed E-state index contributed by atoms with van der Waals surface area (Å²) < 4.78 is 41.7. The number of hydrogen-bond donors (Lipinski definition) is 0. The third-order valence-electron chi connectivity index (χ3n) is 13.7. The number of aryl methyl sites for hydroxylation is 7. The molecule has 33 heteroatoms. The Morgan fingerprint density at radius 3 is 1.38 bits per heavy atom. The van der Waals surface area contributed by atoms with Crippen LogP contribution in [0, 0.1) is 11.6 Å². The minimum Gasteiger partial charge on any atom is -0.296 e. The maximum absolute atomic E-state index is 13.0. The van der Waals surface area contributed by atoms with E-state index in [2.05, 4.69) is 30.0 Å². The van der Waals surface area contributed by atoms with Crippen molar-refractivity contribution in [2.24, 2.45) is 91.6 Å². The highest BCUT2D eigenvalue weighted by molar-refractivity contribution is 5.79. The summed E-state index contributed by atoms with van der Waals surface area (Å²) in [6.45, 7) is 0. The van der Waals surface area contributed by atoms with Crippen molar-refractivity contribution in [3.05, 3.63) is 223 Å². The van der Waals surface area contributed by atoms with E-state index in [-0.39, 0.29) is 67.1 Å². The first-order valence-corrected chi connectivity index (χ1v) is 25.0. The third-order valence-corrected chi connectivity index (χ3v) is 13.7. The number of fused-ring (bicyclic) bond motifs is 6. The lowest BCUT2D eigenvalue weighted by atomic mass is 10.2. The van der Waals surface area contributed by atoms with Crippen LogP contribution in [0.5, 0.6) is 0 Å². The van der Waals surface area contributed by atoms with Gasteiger partial charge in [-0.15, -0.1) is 0 Å². The zero-order chi connectivity index (χ0) is 63.7. The zero-order valence-electron chi connectivity index (χ0n) is 48.2. The fourth-order valence-corrected chi connectivity index (χ4v) is 8.74.